The van der Waals surface area contributed by atoms with E-state index in [0.29, 0.717) is 0 Å². The first-order valence-corrected chi connectivity index (χ1v) is 4.46. The maximum Gasteiger partial charge on any atom is 0.00216 e. The monoisotopic (exact) mass is 141 g/mol. The van der Waals surface area contributed by atoms with E-state index in [-0.39, 0.29) is 0 Å². The van der Waals surface area contributed by atoms with Gasteiger partial charge in [-0.25, -0.2) is 0 Å². The predicted octanol–water partition coefficient (Wildman–Crippen LogP) is 1.98. The van der Waals surface area contributed by atoms with Crippen molar-refractivity contribution in [2.24, 2.45) is 11.8 Å². The van der Waals surface area contributed by atoms with Crippen LogP contribution in [0.2, 0.25) is 0 Å². The van der Waals surface area contributed by atoms with Gasteiger partial charge in [0.25, 0.3) is 0 Å². The quantitative estimate of drug-likeness (QED) is 0.581. The molecule has 10 heavy (non-hydrogen) atoms. The first-order valence-electron chi connectivity index (χ1n) is 4.46. The number of nitrogens with zero attached hydrogens (tertiary/aromatic N) is 1. The molecule has 1 aliphatic rings. The van der Waals surface area contributed by atoms with Gasteiger partial charge < -0.3 is 4.90 Å². The van der Waals surface area contributed by atoms with Crippen LogP contribution in [0.3, 0.4) is 0 Å². The van der Waals surface area contributed by atoms with Crippen LogP contribution in [0.4, 0.5) is 0 Å². The maximum atomic E-state index is 2.41. The molecule has 1 rings (SSSR count). The highest BCUT2D eigenvalue weighted by molar-refractivity contribution is 4.81. The molecule has 0 bridgehead atoms. The minimum absolute atomic E-state index is 0.996. The third-order valence-electron chi connectivity index (χ3n) is 2.81. The van der Waals surface area contributed by atoms with Gasteiger partial charge in [-0.1, -0.05) is 26.7 Å². The molecule has 0 unspecified atom stereocenters. The zero-order chi connectivity index (χ0) is 7.56. The van der Waals surface area contributed by atoms with E-state index in [9.17, 15) is 0 Å². The van der Waals surface area contributed by atoms with Crippen molar-refractivity contribution in [1.82, 2.24) is 4.90 Å². The summed E-state index contributed by atoms with van der Waals surface area (Å²) >= 11 is 0. The smallest absolute Gasteiger partial charge is 0.00216 e. The Bertz CT molecular complexity index is 90.9. The molecule has 0 atom stereocenters. The molecule has 0 aromatic rings. The molecule has 1 heterocycles. The summed E-state index contributed by atoms with van der Waals surface area (Å²) in [6, 6.07) is 0. The van der Waals surface area contributed by atoms with E-state index in [2.05, 4.69) is 25.8 Å². The van der Waals surface area contributed by atoms with Gasteiger partial charge in [0.15, 0.2) is 0 Å². The van der Waals surface area contributed by atoms with Crippen LogP contribution >= 0.6 is 0 Å². The maximum absolute atomic E-state index is 2.41. The first kappa shape index (κ1) is 8.06. The van der Waals surface area contributed by atoms with Gasteiger partial charge in [-0.3, -0.25) is 0 Å². The molecule has 0 aromatic heterocycles. The van der Waals surface area contributed by atoms with Gasteiger partial charge >= 0.3 is 0 Å². The molecule has 1 aliphatic heterocycles. The lowest BCUT2D eigenvalue weighted by atomic mass is 9.83. The van der Waals surface area contributed by atoms with E-state index in [1.165, 1.54) is 25.9 Å². The number of hydrogen-bond acceptors (Lipinski definition) is 1. The largest absolute Gasteiger partial charge is 0.306 e. The van der Waals surface area contributed by atoms with Crippen molar-refractivity contribution in [3.05, 3.63) is 0 Å². The van der Waals surface area contributed by atoms with Crippen LogP contribution in [-0.4, -0.2) is 25.0 Å². The topological polar surface area (TPSA) is 3.24 Å². The molecule has 1 fully saturated rings. The molecule has 0 aliphatic carbocycles. The molecule has 0 aromatic carbocycles. The summed E-state index contributed by atoms with van der Waals surface area (Å²) in [6.07, 6.45) is 2.74. The molecule has 0 amide bonds. The Morgan fingerprint density at radius 1 is 1.30 bits per heavy atom. The van der Waals surface area contributed by atoms with Crippen LogP contribution in [0.25, 0.3) is 0 Å². The highest BCUT2D eigenvalue weighted by Crippen LogP contribution is 2.26. The number of hydrogen-bond donors (Lipinski definition) is 0. The van der Waals surface area contributed by atoms with E-state index < -0.39 is 0 Å². The second kappa shape index (κ2) is 3.38. The fourth-order valence-corrected chi connectivity index (χ4v) is 2.00. The Morgan fingerprint density at radius 2 is 1.80 bits per heavy atom. The van der Waals surface area contributed by atoms with E-state index in [1.807, 2.05) is 0 Å². The minimum atomic E-state index is 0.996. The fourth-order valence-electron chi connectivity index (χ4n) is 2.00. The lowest BCUT2D eigenvalue weighted by Gasteiger charge is -2.40. The molecular formula is C9H19N. The Morgan fingerprint density at radius 3 is 2.10 bits per heavy atom. The Hall–Kier alpha value is -0.0400. The SMILES string of the molecule is CCC(CC)C1CN(C)C1. The summed E-state index contributed by atoms with van der Waals surface area (Å²) in [6.45, 7) is 7.30. The lowest BCUT2D eigenvalue weighted by molar-refractivity contribution is 0.0790. The van der Waals surface area contributed by atoms with Crippen molar-refractivity contribution >= 4 is 0 Å². The van der Waals surface area contributed by atoms with E-state index in [4.69, 9.17) is 0 Å². The molecule has 0 saturated carbocycles. The van der Waals surface area contributed by atoms with E-state index in [1.54, 1.807) is 0 Å². The third-order valence-corrected chi connectivity index (χ3v) is 2.81. The molecule has 1 heteroatoms. The van der Waals surface area contributed by atoms with Gasteiger partial charge in [-0.2, -0.15) is 0 Å². The second-order valence-electron chi connectivity index (χ2n) is 3.56. The van der Waals surface area contributed by atoms with Crippen molar-refractivity contribution in [3.63, 3.8) is 0 Å². The van der Waals surface area contributed by atoms with E-state index >= 15 is 0 Å². The van der Waals surface area contributed by atoms with Gasteiger partial charge in [-0.05, 0) is 18.9 Å². The Labute approximate surface area is 64.4 Å². The summed E-state index contributed by atoms with van der Waals surface area (Å²) in [5.41, 5.74) is 0. The van der Waals surface area contributed by atoms with Crippen molar-refractivity contribution in [3.8, 4) is 0 Å². The third kappa shape index (κ3) is 1.51. The van der Waals surface area contributed by atoms with E-state index in [0.717, 1.165) is 11.8 Å². The molecule has 0 N–H and O–H groups in total. The molecule has 60 valence electrons. The van der Waals surface area contributed by atoms with Crippen LogP contribution in [0.15, 0.2) is 0 Å². The van der Waals surface area contributed by atoms with Crippen LogP contribution in [-0.2, 0) is 0 Å². The zero-order valence-electron chi connectivity index (χ0n) is 7.43. The first-order chi connectivity index (χ1) is 4.77. The second-order valence-corrected chi connectivity index (χ2v) is 3.56. The van der Waals surface area contributed by atoms with Gasteiger partial charge in [0.1, 0.15) is 0 Å². The Kier molecular flexibility index (Phi) is 2.72. The predicted molar refractivity (Wildman–Crippen MR) is 45.1 cm³/mol. The van der Waals surface area contributed by atoms with Gasteiger partial charge in [-0.15, -0.1) is 0 Å². The molecule has 1 saturated heterocycles. The molecular weight excluding hydrogens is 122 g/mol. The average molecular weight is 141 g/mol. The summed E-state index contributed by atoms with van der Waals surface area (Å²) in [5.74, 6) is 2.01. The standard InChI is InChI=1S/C9H19N/c1-4-8(5-2)9-6-10(3)7-9/h8-9H,4-7H2,1-3H3. The molecule has 0 spiro atoms. The van der Waals surface area contributed by atoms with Gasteiger partial charge in [0.2, 0.25) is 0 Å². The lowest BCUT2D eigenvalue weighted by Crippen LogP contribution is -2.47. The zero-order valence-corrected chi connectivity index (χ0v) is 7.43. The normalized spacial score (nSPS) is 21.6. The van der Waals surface area contributed by atoms with Crippen LogP contribution in [0, 0.1) is 11.8 Å². The number of likely N-dealkylation sites (tertiary alicyclic amines) is 1. The molecule has 1 nitrogen and oxygen atoms in total. The van der Waals surface area contributed by atoms with Gasteiger partial charge in [0.05, 0.1) is 0 Å². The summed E-state index contributed by atoms with van der Waals surface area (Å²) in [4.78, 5) is 2.41. The Balaban J connectivity index is 2.21. The summed E-state index contributed by atoms with van der Waals surface area (Å²) < 4.78 is 0. The van der Waals surface area contributed by atoms with Crippen molar-refractivity contribution in [2.75, 3.05) is 20.1 Å². The van der Waals surface area contributed by atoms with Crippen molar-refractivity contribution in [1.29, 1.82) is 0 Å². The van der Waals surface area contributed by atoms with Crippen LogP contribution < -0.4 is 0 Å². The minimum Gasteiger partial charge on any atom is -0.306 e. The summed E-state index contributed by atoms with van der Waals surface area (Å²) in [5, 5.41) is 0. The van der Waals surface area contributed by atoms with Crippen LogP contribution in [0.5, 0.6) is 0 Å². The molecule has 0 radical (unpaired) electrons. The van der Waals surface area contributed by atoms with Crippen LogP contribution in [0.1, 0.15) is 26.7 Å². The summed E-state index contributed by atoms with van der Waals surface area (Å²) in [7, 11) is 2.21. The van der Waals surface area contributed by atoms with Crippen molar-refractivity contribution < 1.29 is 0 Å². The number of rotatable bonds is 3. The highest BCUT2D eigenvalue weighted by Gasteiger charge is 2.28. The fraction of sp³-hybridized carbons (Fsp3) is 1.00. The average Bonchev–Trinajstić information content (AvgIpc) is 1.87. The van der Waals surface area contributed by atoms with Crippen molar-refractivity contribution in [2.45, 2.75) is 26.7 Å². The van der Waals surface area contributed by atoms with Gasteiger partial charge in [0, 0.05) is 13.1 Å². The highest BCUT2D eigenvalue weighted by atomic mass is 15.2.